The van der Waals surface area contributed by atoms with Crippen molar-refractivity contribution in [2.24, 2.45) is 0 Å². The van der Waals surface area contributed by atoms with Crippen molar-refractivity contribution in [2.45, 2.75) is 20.0 Å². The highest BCUT2D eigenvalue weighted by Crippen LogP contribution is 2.25. The number of para-hydroxylation sites is 1. The Balaban J connectivity index is 1.80. The van der Waals surface area contributed by atoms with E-state index in [1.54, 1.807) is 44.2 Å². The summed E-state index contributed by atoms with van der Waals surface area (Å²) in [6, 6.07) is 16.1. The third-order valence-corrected chi connectivity index (χ3v) is 3.74. The number of carbonyl (C=O) groups excluding carboxylic acids is 2. The van der Waals surface area contributed by atoms with Crippen molar-refractivity contribution in [2.75, 3.05) is 0 Å². The van der Waals surface area contributed by atoms with Gasteiger partial charge in [0.15, 0.2) is 6.10 Å². The number of ether oxygens (including phenoxy) is 1. The van der Waals surface area contributed by atoms with E-state index < -0.39 is 12.1 Å². The number of fused-ring (bicyclic) bond motifs is 1. The topological polar surface area (TPSA) is 56.5 Å². The molecule has 3 aromatic rings. The standard InChI is InChI=1S/C19H16O4/c1-12-15-10-6-7-11-16(15)23-18(12)19(21)22-13(2)17(20)14-8-4-3-5-9-14/h3-11,13H,1-2H3. The van der Waals surface area contributed by atoms with E-state index in [0.29, 0.717) is 16.7 Å². The maximum absolute atomic E-state index is 12.3. The number of furan rings is 1. The number of hydrogen-bond acceptors (Lipinski definition) is 4. The monoisotopic (exact) mass is 308 g/mol. The Morgan fingerprint density at radius 1 is 1.00 bits per heavy atom. The highest BCUT2D eigenvalue weighted by atomic mass is 16.6. The largest absolute Gasteiger partial charge is 0.449 e. The van der Waals surface area contributed by atoms with Crippen LogP contribution in [0.4, 0.5) is 0 Å². The van der Waals surface area contributed by atoms with Crippen molar-refractivity contribution < 1.29 is 18.7 Å². The van der Waals surface area contributed by atoms with Crippen LogP contribution in [0.2, 0.25) is 0 Å². The molecule has 0 radical (unpaired) electrons. The van der Waals surface area contributed by atoms with E-state index in [1.165, 1.54) is 0 Å². The normalized spacial score (nSPS) is 12.1. The zero-order valence-corrected chi connectivity index (χ0v) is 12.9. The highest BCUT2D eigenvalue weighted by Gasteiger charge is 2.24. The average molecular weight is 308 g/mol. The van der Waals surface area contributed by atoms with Gasteiger partial charge in [-0.2, -0.15) is 0 Å². The maximum Gasteiger partial charge on any atom is 0.375 e. The first kappa shape index (κ1) is 15.0. The number of rotatable bonds is 4. The number of esters is 1. The van der Waals surface area contributed by atoms with Crippen LogP contribution < -0.4 is 0 Å². The minimum atomic E-state index is -0.877. The van der Waals surface area contributed by atoms with Gasteiger partial charge in [-0.05, 0) is 19.9 Å². The molecule has 0 aliphatic rings. The minimum absolute atomic E-state index is 0.138. The Morgan fingerprint density at radius 2 is 1.65 bits per heavy atom. The third-order valence-electron chi connectivity index (χ3n) is 3.74. The molecule has 4 nitrogen and oxygen atoms in total. The summed E-state index contributed by atoms with van der Waals surface area (Å²) < 4.78 is 10.8. The summed E-state index contributed by atoms with van der Waals surface area (Å²) >= 11 is 0. The van der Waals surface area contributed by atoms with Crippen molar-refractivity contribution >= 4 is 22.7 Å². The van der Waals surface area contributed by atoms with Crippen LogP contribution in [0.3, 0.4) is 0 Å². The lowest BCUT2D eigenvalue weighted by molar-refractivity contribution is 0.0290. The van der Waals surface area contributed by atoms with Crippen LogP contribution in [0.1, 0.15) is 33.4 Å². The van der Waals surface area contributed by atoms with Gasteiger partial charge >= 0.3 is 5.97 Å². The molecular formula is C19H16O4. The molecular weight excluding hydrogens is 292 g/mol. The molecule has 0 N–H and O–H groups in total. The van der Waals surface area contributed by atoms with Gasteiger partial charge in [-0.1, -0.05) is 48.5 Å². The molecule has 0 aliphatic heterocycles. The SMILES string of the molecule is Cc1c(C(=O)OC(C)C(=O)c2ccccc2)oc2ccccc12. The second kappa shape index (κ2) is 6.08. The molecule has 0 aliphatic carbocycles. The molecule has 116 valence electrons. The fourth-order valence-corrected chi connectivity index (χ4v) is 2.47. The van der Waals surface area contributed by atoms with Crippen LogP contribution in [0, 0.1) is 6.92 Å². The molecule has 1 unspecified atom stereocenters. The van der Waals surface area contributed by atoms with Gasteiger partial charge in [-0.15, -0.1) is 0 Å². The number of aryl methyl sites for hydroxylation is 1. The summed E-state index contributed by atoms with van der Waals surface area (Å²) in [5.74, 6) is -0.734. The molecule has 2 aromatic carbocycles. The lowest BCUT2D eigenvalue weighted by atomic mass is 10.1. The van der Waals surface area contributed by atoms with E-state index in [9.17, 15) is 9.59 Å². The number of carbonyl (C=O) groups is 2. The molecule has 0 bridgehead atoms. The molecule has 3 rings (SSSR count). The van der Waals surface area contributed by atoms with E-state index in [0.717, 1.165) is 5.39 Å². The van der Waals surface area contributed by atoms with Gasteiger partial charge in [0.25, 0.3) is 0 Å². The molecule has 0 amide bonds. The van der Waals surface area contributed by atoms with Crippen LogP contribution in [-0.2, 0) is 4.74 Å². The lowest BCUT2D eigenvalue weighted by Crippen LogP contribution is -2.24. The Labute approximate surface area is 133 Å². The first-order valence-electron chi connectivity index (χ1n) is 7.36. The predicted molar refractivity (Wildman–Crippen MR) is 86.6 cm³/mol. The maximum atomic E-state index is 12.3. The third kappa shape index (κ3) is 2.88. The van der Waals surface area contributed by atoms with Gasteiger partial charge in [0.2, 0.25) is 11.5 Å². The number of benzene rings is 2. The first-order chi connectivity index (χ1) is 11.1. The zero-order valence-electron chi connectivity index (χ0n) is 12.9. The van der Waals surface area contributed by atoms with Crippen molar-refractivity contribution in [3.63, 3.8) is 0 Å². The van der Waals surface area contributed by atoms with Crippen molar-refractivity contribution in [3.05, 3.63) is 71.5 Å². The fourth-order valence-electron chi connectivity index (χ4n) is 2.47. The van der Waals surface area contributed by atoms with E-state index in [2.05, 4.69) is 0 Å². The molecule has 0 spiro atoms. The second-order valence-corrected chi connectivity index (χ2v) is 5.33. The van der Waals surface area contributed by atoms with Gasteiger partial charge in [-0.25, -0.2) is 4.79 Å². The summed E-state index contributed by atoms with van der Waals surface area (Å²) in [5.41, 5.74) is 1.85. The Morgan fingerprint density at radius 3 is 2.35 bits per heavy atom. The van der Waals surface area contributed by atoms with Crippen LogP contribution in [0.25, 0.3) is 11.0 Å². The van der Waals surface area contributed by atoms with Crippen LogP contribution in [-0.4, -0.2) is 17.9 Å². The van der Waals surface area contributed by atoms with Crippen LogP contribution in [0.15, 0.2) is 59.0 Å². The van der Waals surface area contributed by atoms with Gasteiger partial charge in [0.1, 0.15) is 5.58 Å². The Hall–Kier alpha value is -2.88. The van der Waals surface area contributed by atoms with Crippen molar-refractivity contribution in [1.29, 1.82) is 0 Å². The second-order valence-electron chi connectivity index (χ2n) is 5.33. The summed E-state index contributed by atoms with van der Waals surface area (Å²) in [5, 5.41) is 0.862. The van der Waals surface area contributed by atoms with Gasteiger partial charge in [0, 0.05) is 16.5 Å². The minimum Gasteiger partial charge on any atom is -0.449 e. The predicted octanol–water partition coefficient (Wildman–Crippen LogP) is 4.17. The molecule has 1 atom stereocenters. The first-order valence-corrected chi connectivity index (χ1v) is 7.36. The summed E-state index contributed by atoms with van der Waals surface area (Å²) in [6.45, 7) is 3.36. The number of ketones is 1. The van der Waals surface area contributed by atoms with Gasteiger partial charge in [0.05, 0.1) is 0 Å². The zero-order chi connectivity index (χ0) is 16.4. The summed E-state index contributed by atoms with van der Waals surface area (Å²) in [4.78, 5) is 24.6. The van der Waals surface area contributed by atoms with Crippen LogP contribution in [0.5, 0.6) is 0 Å². The molecule has 0 saturated heterocycles. The van der Waals surface area contributed by atoms with Gasteiger partial charge in [-0.3, -0.25) is 4.79 Å². The van der Waals surface area contributed by atoms with Crippen LogP contribution >= 0.6 is 0 Å². The van der Waals surface area contributed by atoms with Crippen molar-refractivity contribution in [1.82, 2.24) is 0 Å². The summed E-state index contributed by atoms with van der Waals surface area (Å²) in [6.07, 6.45) is -0.877. The fraction of sp³-hybridized carbons (Fsp3) is 0.158. The van der Waals surface area contributed by atoms with E-state index in [1.807, 2.05) is 24.3 Å². The van der Waals surface area contributed by atoms with Crippen molar-refractivity contribution in [3.8, 4) is 0 Å². The van der Waals surface area contributed by atoms with E-state index >= 15 is 0 Å². The Kier molecular flexibility index (Phi) is 3.98. The Bertz CT molecular complexity index is 861. The van der Waals surface area contributed by atoms with E-state index in [4.69, 9.17) is 9.15 Å². The molecule has 23 heavy (non-hydrogen) atoms. The average Bonchev–Trinajstić information content (AvgIpc) is 2.92. The van der Waals surface area contributed by atoms with E-state index in [-0.39, 0.29) is 11.5 Å². The molecule has 0 fully saturated rings. The molecule has 4 heteroatoms. The molecule has 1 aromatic heterocycles. The highest BCUT2D eigenvalue weighted by molar-refractivity contribution is 6.02. The van der Waals surface area contributed by atoms with Gasteiger partial charge < -0.3 is 9.15 Å². The number of Topliss-reactive ketones (excluding diaryl/α,β-unsaturated/α-hetero) is 1. The smallest absolute Gasteiger partial charge is 0.375 e. The molecule has 0 saturated carbocycles. The quantitative estimate of drug-likeness (QED) is 0.536. The number of hydrogen-bond donors (Lipinski definition) is 0. The summed E-state index contributed by atoms with van der Waals surface area (Å²) in [7, 11) is 0. The lowest BCUT2D eigenvalue weighted by Gasteiger charge is -2.11. The molecule has 1 heterocycles.